The van der Waals surface area contributed by atoms with E-state index in [0.29, 0.717) is 0 Å². The minimum Gasteiger partial charge on any atom is -0.372 e. The molecule has 0 spiro atoms. The third-order valence-corrected chi connectivity index (χ3v) is 4.30. The van der Waals surface area contributed by atoms with Crippen LogP contribution in [0.25, 0.3) is 16.6 Å². The van der Waals surface area contributed by atoms with Crippen LogP contribution in [-0.4, -0.2) is 11.7 Å². The van der Waals surface area contributed by atoms with Gasteiger partial charge in [-0.05, 0) is 42.0 Å². The van der Waals surface area contributed by atoms with Gasteiger partial charge in [0.2, 0.25) is 0 Å². The standard InChI is InChI=1S/C17H14BrN3/c18-14-3-1-12(2-4-14)17-10-19-11-21(17)15-5-6-16-13(9-15)7-8-20-16/h1-10,19-20H,11H2. The van der Waals surface area contributed by atoms with Crippen LogP contribution in [0.3, 0.4) is 0 Å². The molecule has 0 bridgehead atoms. The summed E-state index contributed by atoms with van der Waals surface area (Å²) in [6.45, 7) is 0.793. The maximum atomic E-state index is 3.48. The Morgan fingerprint density at radius 2 is 1.86 bits per heavy atom. The first-order valence-electron chi connectivity index (χ1n) is 6.85. The molecule has 3 aromatic rings. The molecule has 0 fully saturated rings. The van der Waals surface area contributed by atoms with Crippen LogP contribution in [0.1, 0.15) is 5.56 Å². The van der Waals surface area contributed by atoms with Crippen LogP contribution in [0.4, 0.5) is 5.69 Å². The summed E-state index contributed by atoms with van der Waals surface area (Å²) < 4.78 is 1.10. The molecule has 104 valence electrons. The van der Waals surface area contributed by atoms with E-state index in [1.807, 2.05) is 6.20 Å². The summed E-state index contributed by atoms with van der Waals surface area (Å²) in [7, 11) is 0. The molecule has 21 heavy (non-hydrogen) atoms. The van der Waals surface area contributed by atoms with Crippen molar-refractivity contribution in [3.05, 3.63) is 71.0 Å². The van der Waals surface area contributed by atoms with E-state index in [-0.39, 0.29) is 0 Å². The lowest BCUT2D eigenvalue weighted by atomic mass is 10.1. The highest BCUT2D eigenvalue weighted by molar-refractivity contribution is 9.10. The van der Waals surface area contributed by atoms with Gasteiger partial charge in [0.15, 0.2) is 0 Å². The van der Waals surface area contributed by atoms with Crippen LogP contribution in [0.5, 0.6) is 0 Å². The topological polar surface area (TPSA) is 31.1 Å². The van der Waals surface area contributed by atoms with Crippen molar-refractivity contribution in [2.75, 3.05) is 11.6 Å². The molecule has 0 saturated heterocycles. The third-order valence-electron chi connectivity index (χ3n) is 3.77. The van der Waals surface area contributed by atoms with E-state index in [1.165, 1.54) is 27.9 Å². The predicted octanol–water partition coefficient (Wildman–Crippen LogP) is 4.30. The summed E-state index contributed by atoms with van der Waals surface area (Å²) in [6, 6.07) is 17.0. The molecular formula is C17H14BrN3. The highest BCUT2D eigenvalue weighted by atomic mass is 79.9. The third kappa shape index (κ3) is 2.21. The van der Waals surface area contributed by atoms with Gasteiger partial charge in [0, 0.05) is 33.5 Å². The highest BCUT2D eigenvalue weighted by Gasteiger charge is 2.18. The summed E-state index contributed by atoms with van der Waals surface area (Å²) in [5.74, 6) is 0. The largest absolute Gasteiger partial charge is 0.372 e. The Kier molecular flexibility index (Phi) is 2.97. The van der Waals surface area contributed by atoms with E-state index in [4.69, 9.17) is 0 Å². The van der Waals surface area contributed by atoms with Crippen LogP contribution in [-0.2, 0) is 0 Å². The van der Waals surface area contributed by atoms with Crippen LogP contribution in [0.15, 0.2) is 65.4 Å². The number of hydrogen-bond acceptors (Lipinski definition) is 2. The Bertz CT molecular complexity index is 817. The fraction of sp³-hybridized carbons (Fsp3) is 0.0588. The SMILES string of the molecule is Brc1ccc(C2=CNCN2c2ccc3[nH]ccc3c2)cc1. The number of aromatic nitrogens is 1. The Balaban J connectivity index is 1.73. The van der Waals surface area contributed by atoms with Gasteiger partial charge in [-0.15, -0.1) is 0 Å². The maximum Gasteiger partial charge on any atom is 0.0922 e. The number of halogens is 1. The Morgan fingerprint density at radius 3 is 2.71 bits per heavy atom. The van der Waals surface area contributed by atoms with Gasteiger partial charge in [-0.1, -0.05) is 28.1 Å². The van der Waals surface area contributed by atoms with Gasteiger partial charge in [0.25, 0.3) is 0 Å². The van der Waals surface area contributed by atoms with Gasteiger partial charge in [-0.2, -0.15) is 0 Å². The Hall–Kier alpha value is -2.20. The smallest absolute Gasteiger partial charge is 0.0922 e. The fourth-order valence-electron chi connectivity index (χ4n) is 2.70. The molecule has 4 rings (SSSR count). The summed E-state index contributed by atoms with van der Waals surface area (Å²) in [6.07, 6.45) is 4.05. The summed E-state index contributed by atoms with van der Waals surface area (Å²) in [5.41, 5.74) is 4.76. The highest BCUT2D eigenvalue weighted by Crippen LogP contribution is 2.30. The van der Waals surface area contributed by atoms with E-state index in [9.17, 15) is 0 Å². The molecule has 0 amide bonds. The van der Waals surface area contributed by atoms with Crippen molar-refractivity contribution < 1.29 is 0 Å². The van der Waals surface area contributed by atoms with Crippen molar-refractivity contribution in [2.45, 2.75) is 0 Å². The van der Waals surface area contributed by atoms with E-state index in [1.54, 1.807) is 0 Å². The summed E-state index contributed by atoms with van der Waals surface area (Å²) >= 11 is 3.48. The van der Waals surface area contributed by atoms with Crippen LogP contribution in [0, 0.1) is 0 Å². The van der Waals surface area contributed by atoms with Gasteiger partial charge in [-0.25, -0.2) is 0 Å². The number of fused-ring (bicyclic) bond motifs is 1. The van der Waals surface area contributed by atoms with E-state index >= 15 is 0 Å². The first-order valence-corrected chi connectivity index (χ1v) is 7.65. The van der Waals surface area contributed by atoms with Gasteiger partial charge < -0.3 is 15.2 Å². The second-order valence-corrected chi connectivity index (χ2v) is 5.99. The molecule has 0 aliphatic carbocycles. The fourth-order valence-corrected chi connectivity index (χ4v) is 2.96. The molecule has 0 saturated carbocycles. The first kappa shape index (κ1) is 12.5. The van der Waals surface area contributed by atoms with Crippen LogP contribution in [0.2, 0.25) is 0 Å². The first-order chi connectivity index (χ1) is 10.3. The predicted molar refractivity (Wildman–Crippen MR) is 90.9 cm³/mol. The van der Waals surface area contributed by atoms with Crippen LogP contribution < -0.4 is 10.2 Å². The maximum absolute atomic E-state index is 3.48. The van der Waals surface area contributed by atoms with E-state index in [0.717, 1.165) is 11.1 Å². The molecule has 0 radical (unpaired) electrons. The van der Waals surface area contributed by atoms with Crippen LogP contribution >= 0.6 is 15.9 Å². The molecule has 1 aromatic heterocycles. The molecule has 3 nitrogen and oxygen atoms in total. The van der Waals surface area contributed by atoms with Crippen molar-refractivity contribution in [2.24, 2.45) is 0 Å². The number of anilines is 1. The van der Waals surface area contributed by atoms with E-state index < -0.39 is 0 Å². The van der Waals surface area contributed by atoms with Crippen molar-refractivity contribution >= 4 is 38.2 Å². The second kappa shape index (κ2) is 4.97. The molecule has 1 aliphatic heterocycles. The zero-order valence-corrected chi connectivity index (χ0v) is 12.9. The molecule has 0 atom stereocenters. The van der Waals surface area contributed by atoms with Crippen molar-refractivity contribution in [3.63, 3.8) is 0 Å². The number of nitrogens with zero attached hydrogens (tertiary/aromatic N) is 1. The van der Waals surface area contributed by atoms with Crippen molar-refractivity contribution in [1.29, 1.82) is 0 Å². The lowest BCUT2D eigenvalue weighted by Crippen LogP contribution is -2.22. The number of rotatable bonds is 2. The van der Waals surface area contributed by atoms with Gasteiger partial charge in [-0.3, -0.25) is 0 Å². The average Bonchev–Trinajstić information content (AvgIpc) is 3.16. The zero-order chi connectivity index (χ0) is 14.2. The van der Waals surface area contributed by atoms with Crippen molar-refractivity contribution in [1.82, 2.24) is 10.3 Å². The lowest BCUT2D eigenvalue weighted by molar-refractivity contribution is 0.905. The minimum absolute atomic E-state index is 0.793. The molecule has 0 unspecified atom stereocenters. The van der Waals surface area contributed by atoms with E-state index in [2.05, 4.69) is 85.9 Å². The molecule has 2 heterocycles. The quantitative estimate of drug-likeness (QED) is 0.729. The number of H-pyrrole nitrogens is 1. The summed E-state index contributed by atoms with van der Waals surface area (Å²) in [5, 5.41) is 4.55. The minimum atomic E-state index is 0.793. The second-order valence-electron chi connectivity index (χ2n) is 5.08. The zero-order valence-electron chi connectivity index (χ0n) is 11.3. The molecule has 2 N–H and O–H groups in total. The van der Waals surface area contributed by atoms with Gasteiger partial charge in [0.05, 0.1) is 12.4 Å². The Morgan fingerprint density at radius 1 is 1.00 bits per heavy atom. The molecular weight excluding hydrogens is 326 g/mol. The van der Waals surface area contributed by atoms with Crippen molar-refractivity contribution in [3.8, 4) is 0 Å². The number of nitrogens with one attached hydrogen (secondary N) is 2. The lowest BCUT2D eigenvalue weighted by Gasteiger charge is -2.22. The van der Waals surface area contributed by atoms with Gasteiger partial charge in [0.1, 0.15) is 0 Å². The average molecular weight is 340 g/mol. The van der Waals surface area contributed by atoms with Gasteiger partial charge >= 0.3 is 0 Å². The normalized spacial score (nSPS) is 14.3. The number of aromatic amines is 1. The monoisotopic (exact) mass is 339 g/mol. The number of benzene rings is 2. The molecule has 2 aromatic carbocycles. The molecule has 1 aliphatic rings. The molecule has 4 heteroatoms. The number of hydrogen-bond donors (Lipinski definition) is 2. The Labute approximate surface area is 131 Å². The summed E-state index contributed by atoms with van der Waals surface area (Å²) in [4.78, 5) is 5.52.